The number of amides is 4. The molecule has 160 valence electrons. The van der Waals surface area contributed by atoms with Crippen LogP contribution in [0.3, 0.4) is 0 Å². The Labute approximate surface area is 180 Å². The number of ether oxygens (including phenoxy) is 1. The van der Waals surface area contributed by atoms with Crippen LogP contribution in [0.2, 0.25) is 0 Å². The van der Waals surface area contributed by atoms with Crippen LogP contribution in [0.15, 0.2) is 48.5 Å². The van der Waals surface area contributed by atoms with Gasteiger partial charge in [0.25, 0.3) is 0 Å². The van der Waals surface area contributed by atoms with E-state index >= 15 is 0 Å². The second-order valence-electron chi connectivity index (χ2n) is 8.25. The topological polar surface area (TPSA) is 82.2 Å². The van der Waals surface area contributed by atoms with Crippen LogP contribution in [-0.2, 0) is 16.0 Å². The summed E-state index contributed by atoms with van der Waals surface area (Å²) in [4.78, 5) is 44.3. The fourth-order valence-electron chi connectivity index (χ4n) is 5.11. The van der Waals surface area contributed by atoms with Gasteiger partial charge in [0.1, 0.15) is 5.75 Å². The van der Waals surface area contributed by atoms with Crippen LogP contribution in [-0.4, -0.2) is 62.6 Å². The van der Waals surface area contributed by atoms with E-state index in [4.69, 9.17) is 4.74 Å². The number of anilines is 2. The van der Waals surface area contributed by atoms with Crippen molar-refractivity contribution in [3.63, 3.8) is 0 Å². The van der Waals surface area contributed by atoms with Crippen LogP contribution in [0.25, 0.3) is 0 Å². The summed E-state index contributed by atoms with van der Waals surface area (Å²) < 4.78 is 5.26. The summed E-state index contributed by atoms with van der Waals surface area (Å²) in [5.41, 5.74) is 1.64. The molecule has 2 saturated heterocycles. The van der Waals surface area contributed by atoms with Gasteiger partial charge < -0.3 is 14.5 Å². The first kappa shape index (κ1) is 19.4. The molecular formula is C23H24N4O4. The van der Waals surface area contributed by atoms with E-state index in [0.717, 1.165) is 34.1 Å². The number of carbonyl (C=O) groups is 3. The van der Waals surface area contributed by atoms with Crippen molar-refractivity contribution in [1.82, 2.24) is 10.2 Å². The van der Waals surface area contributed by atoms with Crippen LogP contribution in [0.4, 0.5) is 16.2 Å². The zero-order valence-electron chi connectivity index (χ0n) is 17.5. The van der Waals surface area contributed by atoms with Crippen molar-refractivity contribution < 1.29 is 19.1 Å². The summed E-state index contributed by atoms with van der Waals surface area (Å²) in [6.45, 7) is 1.90. The summed E-state index contributed by atoms with van der Waals surface area (Å²) in [5.74, 6) is -0.184. The second-order valence-corrected chi connectivity index (χ2v) is 8.25. The molecule has 4 amide bonds. The van der Waals surface area contributed by atoms with Gasteiger partial charge >= 0.3 is 6.03 Å². The Morgan fingerprint density at radius 2 is 1.77 bits per heavy atom. The molecule has 31 heavy (non-hydrogen) atoms. The molecule has 1 spiro atoms. The van der Waals surface area contributed by atoms with E-state index in [9.17, 15) is 14.4 Å². The molecule has 3 aliphatic rings. The molecule has 3 aliphatic heterocycles. The maximum atomic E-state index is 13.5. The lowest BCUT2D eigenvalue weighted by molar-refractivity contribution is -0.152. The van der Waals surface area contributed by atoms with Gasteiger partial charge in [0.05, 0.1) is 13.2 Å². The molecule has 5 rings (SSSR count). The zero-order chi connectivity index (χ0) is 21.8. The van der Waals surface area contributed by atoms with E-state index in [-0.39, 0.29) is 6.42 Å². The minimum atomic E-state index is -1.36. The van der Waals surface area contributed by atoms with Crippen LogP contribution in [0.5, 0.6) is 5.75 Å². The fourth-order valence-corrected chi connectivity index (χ4v) is 5.11. The molecule has 1 N–H and O–H groups in total. The standard InChI is InChI=1S/C23H24N4O4/c1-25-21(29)23(20(28)24-22(25)30)13-15-5-3-4-6-18(15)27-12-11-26(14-19(23)27)16-7-9-17(31-2)10-8-16/h3-10,19H,11-14H2,1-2H3,(H,24,28,30)/t19-,23-/m0/s1. The van der Waals surface area contributed by atoms with Gasteiger partial charge in [-0.15, -0.1) is 0 Å². The number of imide groups is 2. The van der Waals surface area contributed by atoms with Gasteiger partial charge in [-0.2, -0.15) is 0 Å². The Kier molecular flexibility index (Phi) is 4.39. The van der Waals surface area contributed by atoms with Crippen molar-refractivity contribution in [3.8, 4) is 5.75 Å². The molecule has 8 heteroatoms. The lowest BCUT2D eigenvalue weighted by Gasteiger charge is -2.55. The van der Waals surface area contributed by atoms with Gasteiger partial charge in [-0.05, 0) is 42.3 Å². The molecule has 2 fully saturated rings. The number of para-hydroxylation sites is 1. The second kappa shape index (κ2) is 7.01. The smallest absolute Gasteiger partial charge is 0.330 e. The predicted octanol–water partition coefficient (Wildman–Crippen LogP) is 1.64. The van der Waals surface area contributed by atoms with Crippen molar-refractivity contribution in [3.05, 3.63) is 54.1 Å². The number of carbonyl (C=O) groups excluding carboxylic acids is 3. The van der Waals surface area contributed by atoms with Gasteiger partial charge in [0.2, 0.25) is 11.8 Å². The van der Waals surface area contributed by atoms with Crippen molar-refractivity contribution in [2.24, 2.45) is 5.41 Å². The summed E-state index contributed by atoms with van der Waals surface area (Å²) in [6, 6.07) is 14.6. The van der Waals surface area contributed by atoms with Crippen molar-refractivity contribution in [2.45, 2.75) is 12.5 Å². The number of barbiturate groups is 1. The summed E-state index contributed by atoms with van der Waals surface area (Å²) in [7, 11) is 3.06. The third-order valence-electron chi connectivity index (χ3n) is 6.77. The normalized spacial score (nSPS) is 25.3. The number of nitrogens with one attached hydrogen (secondary N) is 1. The average Bonchev–Trinajstić information content (AvgIpc) is 2.81. The van der Waals surface area contributed by atoms with Crippen LogP contribution in [0.1, 0.15) is 5.56 Å². The molecule has 0 aliphatic carbocycles. The zero-order valence-corrected chi connectivity index (χ0v) is 17.5. The highest BCUT2D eigenvalue weighted by atomic mass is 16.5. The SMILES string of the molecule is COc1ccc(N2CCN3c4ccccc4C[C@@]4(C(=O)NC(=O)N(C)C4=O)[C@@H]3C2)cc1. The number of nitrogens with zero attached hydrogens (tertiary/aromatic N) is 3. The molecule has 3 heterocycles. The molecular weight excluding hydrogens is 396 g/mol. The number of hydrogen-bond donors (Lipinski definition) is 1. The average molecular weight is 420 g/mol. The van der Waals surface area contributed by atoms with Crippen molar-refractivity contribution in [1.29, 1.82) is 0 Å². The molecule has 0 saturated carbocycles. The van der Waals surface area contributed by atoms with Crippen molar-refractivity contribution in [2.75, 3.05) is 43.6 Å². The monoisotopic (exact) mass is 420 g/mol. The highest BCUT2D eigenvalue weighted by Crippen LogP contribution is 2.45. The molecule has 2 atom stereocenters. The number of hydrogen-bond acceptors (Lipinski definition) is 6. The van der Waals surface area contributed by atoms with Crippen LogP contribution < -0.4 is 19.9 Å². The molecule has 2 aromatic rings. The number of benzene rings is 2. The number of piperazine rings is 1. The highest BCUT2D eigenvalue weighted by molar-refractivity contribution is 6.20. The Hall–Kier alpha value is -3.55. The third-order valence-corrected chi connectivity index (χ3v) is 6.77. The molecule has 0 unspecified atom stereocenters. The van der Waals surface area contributed by atoms with Gasteiger partial charge in [0.15, 0.2) is 5.41 Å². The van der Waals surface area contributed by atoms with E-state index in [1.807, 2.05) is 48.5 Å². The number of methoxy groups -OCH3 is 1. The van der Waals surface area contributed by atoms with Crippen LogP contribution in [0, 0.1) is 5.41 Å². The predicted molar refractivity (Wildman–Crippen MR) is 115 cm³/mol. The van der Waals surface area contributed by atoms with Gasteiger partial charge in [0, 0.05) is 38.1 Å². The maximum absolute atomic E-state index is 13.5. The Morgan fingerprint density at radius 3 is 2.52 bits per heavy atom. The van der Waals surface area contributed by atoms with E-state index in [1.54, 1.807) is 7.11 Å². The van der Waals surface area contributed by atoms with Gasteiger partial charge in [-0.1, -0.05) is 18.2 Å². The first-order valence-corrected chi connectivity index (χ1v) is 10.3. The van der Waals surface area contributed by atoms with E-state index < -0.39 is 29.3 Å². The minimum absolute atomic E-state index is 0.267. The van der Waals surface area contributed by atoms with E-state index in [2.05, 4.69) is 15.1 Å². The molecule has 0 aromatic heterocycles. The van der Waals surface area contributed by atoms with Crippen molar-refractivity contribution >= 4 is 29.2 Å². The Morgan fingerprint density at radius 1 is 1.03 bits per heavy atom. The number of rotatable bonds is 2. The highest BCUT2D eigenvalue weighted by Gasteiger charge is 2.62. The summed E-state index contributed by atoms with van der Waals surface area (Å²) in [6.07, 6.45) is 0.267. The molecule has 0 bridgehead atoms. The first-order valence-electron chi connectivity index (χ1n) is 10.3. The molecule has 8 nitrogen and oxygen atoms in total. The van der Waals surface area contributed by atoms with E-state index in [0.29, 0.717) is 13.1 Å². The van der Waals surface area contributed by atoms with Gasteiger partial charge in [-0.3, -0.25) is 19.8 Å². The third kappa shape index (κ3) is 2.78. The number of fused-ring (bicyclic) bond motifs is 4. The Bertz CT molecular complexity index is 1070. The summed E-state index contributed by atoms with van der Waals surface area (Å²) >= 11 is 0. The minimum Gasteiger partial charge on any atom is -0.497 e. The fraction of sp³-hybridized carbons (Fsp3) is 0.348. The molecule has 2 aromatic carbocycles. The van der Waals surface area contributed by atoms with Crippen LogP contribution >= 0.6 is 0 Å². The molecule has 0 radical (unpaired) electrons. The quantitative estimate of drug-likeness (QED) is 0.744. The largest absolute Gasteiger partial charge is 0.497 e. The maximum Gasteiger partial charge on any atom is 0.330 e. The lowest BCUT2D eigenvalue weighted by Crippen LogP contribution is -2.74. The van der Waals surface area contributed by atoms with E-state index in [1.165, 1.54) is 7.05 Å². The van der Waals surface area contributed by atoms with Gasteiger partial charge in [-0.25, -0.2) is 4.79 Å². The Balaban J connectivity index is 1.59. The first-order chi connectivity index (χ1) is 15.0. The number of urea groups is 1. The lowest BCUT2D eigenvalue weighted by atomic mass is 9.67. The summed E-state index contributed by atoms with van der Waals surface area (Å²) in [5, 5.41) is 2.42.